The molecule has 2 aromatic rings. The Bertz CT molecular complexity index is 662. The molecule has 2 amide bonds. The largest absolute Gasteiger partial charge is 0.361 e. The predicted octanol–water partition coefficient (Wildman–Crippen LogP) is 1.52. The smallest absolute Gasteiger partial charge is 0.251 e. The van der Waals surface area contributed by atoms with Crippen LogP contribution in [0.5, 0.6) is 0 Å². The predicted molar refractivity (Wildman–Crippen MR) is 76.4 cm³/mol. The SMILES string of the molecule is CN1CC(NC(=O)c2ccc3[nH]ccc3c2)CCC1=O. The number of hydrogen-bond acceptors (Lipinski definition) is 2. The monoisotopic (exact) mass is 271 g/mol. The van der Waals surface area contributed by atoms with Crippen LogP contribution in [0.3, 0.4) is 0 Å². The Labute approximate surface area is 117 Å². The molecule has 0 spiro atoms. The molecule has 1 aliphatic rings. The quantitative estimate of drug-likeness (QED) is 0.869. The van der Waals surface area contributed by atoms with Gasteiger partial charge in [-0.15, -0.1) is 0 Å². The van der Waals surface area contributed by atoms with Gasteiger partial charge in [0, 0.05) is 48.7 Å². The standard InChI is InChI=1S/C15H17N3O2/c1-18-9-12(3-5-14(18)19)17-15(20)11-2-4-13-10(8-11)6-7-16-13/h2,4,6-8,12,16H,3,5,9H2,1H3,(H,17,20). The molecule has 1 aromatic heterocycles. The van der Waals surface area contributed by atoms with E-state index >= 15 is 0 Å². The Morgan fingerprint density at radius 2 is 2.25 bits per heavy atom. The third kappa shape index (κ3) is 2.39. The van der Waals surface area contributed by atoms with Gasteiger partial charge in [-0.25, -0.2) is 0 Å². The second-order valence-corrected chi connectivity index (χ2v) is 5.26. The average Bonchev–Trinajstić information content (AvgIpc) is 2.90. The Hall–Kier alpha value is -2.30. The van der Waals surface area contributed by atoms with Crippen molar-refractivity contribution in [2.75, 3.05) is 13.6 Å². The molecule has 1 saturated heterocycles. The van der Waals surface area contributed by atoms with E-state index in [0.717, 1.165) is 10.9 Å². The molecule has 5 nitrogen and oxygen atoms in total. The van der Waals surface area contributed by atoms with Gasteiger partial charge in [0.05, 0.1) is 0 Å². The third-order valence-electron chi connectivity index (χ3n) is 3.78. The Balaban J connectivity index is 1.71. The molecule has 5 heteroatoms. The first-order valence-electron chi connectivity index (χ1n) is 6.75. The number of H-pyrrole nitrogens is 1. The van der Waals surface area contributed by atoms with Crippen LogP contribution in [-0.4, -0.2) is 41.3 Å². The van der Waals surface area contributed by atoms with Crippen LogP contribution in [0.1, 0.15) is 23.2 Å². The lowest BCUT2D eigenvalue weighted by molar-refractivity contribution is -0.132. The number of carbonyl (C=O) groups excluding carboxylic acids is 2. The van der Waals surface area contributed by atoms with Gasteiger partial charge in [0.1, 0.15) is 0 Å². The topological polar surface area (TPSA) is 65.2 Å². The number of likely N-dealkylation sites (tertiary alicyclic amines) is 1. The lowest BCUT2D eigenvalue weighted by atomic mass is 10.0. The van der Waals surface area contributed by atoms with Gasteiger partial charge in [-0.1, -0.05) is 0 Å². The lowest BCUT2D eigenvalue weighted by Gasteiger charge is -2.30. The zero-order chi connectivity index (χ0) is 14.1. The molecular weight excluding hydrogens is 254 g/mol. The number of likely N-dealkylation sites (N-methyl/N-ethyl adjacent to an activating group) is 1. The van der Waals surface area contributed by atoms with E-state index in [9.17, 15) is 9.59 Å². The van der Waals surface area contributed by atoms with E-state index in [1.54, 1.807) is 11.9 Å². The van der Waals surface area contributed by atoms with Crippen molar-refractivity contribution in [3.63, 3.8) is 0 Å². The number of aromatic nitrogens is 1. The molecule has 1 unspecified atom stereocenters. The Kier molecular flexibility index (Phi) is 3.18. The number of amides is 2. The van der Waals surface area contributed by atoms with Gasteiger partial charge in [0.15, 0.2) is 0 Å². The number of carbonyl (C=O) groups is 2. The van der Waals surface area contributed by atoms with Gasteiger partial charge in [-0.05, 0) is 30.7 Å². The second-order valence-electron chi connectivity index (χ2n) is 5.26. The molecule has 2 N–H and O–H groups in total. The fourth-order valence-corrected chi connectivity index (χ4v) is 2.59. The maximum Gasteiger partial charge on any atom is 0.251 e. The second kappa shape index (κ2) is 5.00. The molecular formula is C15H17N3O2. The van der Waals surface area contributed by atoms with Crippen LogP contribution < -0.4 is 5.32 Å². The van der Waals surface area contributed by atoms with Gasteiger partial charge in [0.2, 0.25) is 5.91 Å². The van der Waals surface area contributed by atoms with E-state index in [-0.39, 0.29) is 17.9 Å². The number of nitrogens with zero attached hydrogens (tertiary/aromatic N) is 1. The number of piperidine rings is 1. The summed E-state index contributed by atoms with van der Waals surface area (Å²) in [5, 5.41) is 4.02. The Morgan fingerprint density at radius 3 is 3.05 bits per heavy atom. The molecule has 3 rings (SSSR count). The van der Waals surface area contributed by atoms with Crippen LogP contribution in [0.25, 0.3) is 10.9 Å². The van der Waals surface area contributed by atoms with Gasteiger partial charge in [0.25, 0.3) is 5.91 Å². The summed E-state index contributed by atoms with van der Waals surface area (Å²) in [7, 11) is 1.77. The molecule has 0 aliphatic carbocycles. The molecule has 1 aromatic carbocycles. The minimum Gasteiger partial charge on any atom is -0.361 e. The third-order valence-corrected chi connectivity index (χ3v) is 3.78. The first-order valence-corrected chi connectivity index (χ1v) is 6.75. The molecule has 2 heterocycles. The zero-order valence-electron chi connectivity index (χ0n) is 11.3. The fraction of sp³-hybridized carbons (Fsp3) is 0.333. The summed E-state index contributed by atoms with van der Waals surface area (Å²) in [6.07, 6.45) is 3.06. The van der Waals surface area contributed by atoms with Gasteiger partial charge >= 0.3 is 0 Å². The van der Waals surface area contributed by atoms with Crippen molar-refractivity contribution in [3.05, 3.63) is 36.0 Å². The molecule has 1 atom stereocenters. The van der Waals surface area contributed by atoms with Crippen molar-refractivity contribution in [2.45, 2.75) is 18.9 Å². The summed E-state index contributed by atoms with van der Waals surface area (Å²) in [6.45, 7) is 0.580. The van der Waals surface area contributed by atoms with Crippen LogP contribution in [0.2, 0.25) is 0 Å². The molecule has 1 aliphatic heterocycles. The first-order chi connectivity index (χ1) is 9.63. The van der Waals surface area contributed by atoms with Crippen molar-refractivity contribution in [1.82, 2.24) is 15.2 Å². The maximum atomic E-state index is 12.2. The minimum atomic E-state index is -0.0825. The number of hydrogen-bond donors (Lipinski definition) is 2. The minimum absolute atomic E-state index is 0.0344. The van der Waals surface area contributed by atoms with Crippen molar-refractivity contribution in [2.24, 2.45) is 0 Å². The van der Waals surface area contributed by atoms with E-state index in [0.29, 0.717) is 24.9 Å². The van der Waals surface area contributed by atoms with E-state index in [2.05, 4.69) is 10.3 Å². The van der Waals surface area contributed by atoms with E-state index in [1.165, 1.54) is 0 Å². The zero-order valence-corrected chi connectivity index (χ0v) is 11.3. The normalized spacial score (nSPS) is 19.4. The highest BCUT2D eigenvalue weighted by atomic mass is 16.2. The highest BCUT2D eigenvalue weighted by Crippen LogP contribution is 2.15. The number of nitrogens with one attached hydrogen (secondary N) is 2. The van der Waals surface area contributed by atoms with Crippen molar-refractivity contribution < 1.29 is 9.59 Å². The molecule has 0 bridgehead atoms. The number of fused-ring (bicyclic) bond motifs is 1. The van der Waals surface area contributed by atoms with E-state index in [4.69, 9.17) is 0 Å². The van der Waals surface area contributed by atoms with Gasteiger partial charge in [-0.3, -0.25) is 9.59 Å². The summed E-state index contributed by atoms with van der Waals surface area (Å²) < 4.78 is 0. The first kappa shape index (κ1) is 12.7. The maximum absolute atomic E-state index is 12.2. The molecule has 0 radical (unpaired) electrons. The highest BCUT2D eigenvalue weighted by Gasteiger charge is 2.24. The molecule has 0 saturated carbocycles. The van der Waals surface area contributed by atoms with Crippen molar-refractivity contribution in [1.29, 1.82) is 0 Å². The summed E-state index contributed by atoms with van der Waals surface area (Å²) in [4.78, 5) is 28.4. The van der Waals surface area contributed by atoms with Gasteiger partial charge in [-0.2, -0.15) is 0 Å². The molecule has 104 valence electrons. The number of benzene rings is 1. The van der Waals surface area contributed by atoms with Crippen molar-refractivity contribution >= 4 is 22.7 Å². The Morgan fingerprint density at radius 1 is 1.40 bits per heavy atom. The van der Waals surface area contributed by atoms with Crippen LogP contribution in [-0.2, 0) is 4.79 Å². The highest BCUT2D eigenvalue weighted by molar-refractivity contribution is 5.98. The van der Waals surface area contributed by atoms with Crippen LogP contribution in [0.15, 0.2) is 30.5 Å². The van der Waals surface area contributed by atoms with Crippen LogP contribution in [0, 0.1) is 0 Å². The molecule has 1 fully saturated rings. The summed E-state index contributed by atoms with van der Waals surface area (Å²) in [5.41, 5.74) is 1.67. The average molecular weight is 271 g/mol. The summed E-state index contributed by atoms with van der Waals surface area (Å²) in [6, 6.07) is 7.57. The van der Waals surface area contributed by atoms with Gasteiger partial charge < -0.3 is 15.2 Å². The van der Waals surface area contributed by atoms with E-state index in [1.807, 2.05) is 30.5 Å². The number of aromatic amines is 1. The number of rotatable bonds is 2. The molecule has 20 heavy (non-hydrogen) atoms. The van der Waals surface area contributed by atoms with Crippen LogP contribution in [0.4, 0.5) is 0 Å². The summed E-state index contributed by atoms with van der Waals surface area (Å²) in [5.74, 6) is 0.0603. The van der Waals surface area contributed by atoms with Crippen molar-refractivity contribution in [3.8, 4) is 0 Å². The lowest BCUT2D eigenvalue weighted by Crippen LogP contribution is -2.48. The fourth-order valence-electron chi connectivity index (χ4n) is 2.59. The summed E-state index contributed by atoms with van der Waals surface area (Å²) >= 11 is 0. The van der Waals surface area contributed by atoms with E-state index < -0.39 is 0 Å². The van der Waals surface area contributed by atoms with Crippen LogP contribution >= 0.6 is 0 Å².